The minimum absolute atomic E-state index is 0.0357. The number of aliphatic hydroxyl groups is 8. The van der Waals surface area contributed by atoms with E-state index in [2.05, 4.69) is 6.92 Å². The molecule has 0 radical (unpaired) electrons. The highest BCUT2D eigenvalue weighted by Gasteiger charge is 2.75. The number of fused-ring (bicyclic) bond motifs is 5. The Bertz CT molecular complexity index is 1570. The van der Waals surface area contributed by atoms with Crippen molar-refractivity contribution in [2.24, 2.45) is 46.3 Å². The number of ether oxygens (including phenoxy) is 6. The van der Waals surface area contributed by atoms with Crippen molar-refractivity contribution in [3.05, 3.63) is 0 Å². The molecular formula is C41H72O18S. The summed E-state index contributed by atoms with van der Waals surface area (Å²) >= 11 is 0. The maximum atomic E-state index is 12.7. The molecule has 0 amide bonds. The van der Waals surface area contributed by atoms with Crippen LogP contribution in [0.4, 0.5) is 0 Å². The zero-order valence-corrected chi connectivity index (χ0v) is 37.1. The molecule has 2 aliphatic heterocycles. The average Bonchev–Trinajstić information content (AvgIpc) is 3.44. The standard InChI is InChI=1S/C41H72O18S/c1-17(2)24(57-38-34(30(47)32(20(5)56-38)59-60(50,51)52)58-37-33(54-9)29(46)31(53-8)19(4)55-37)11-10-18(3)21-16-23(43)35-39(21,6)15-13-25-40(7)14-12-22(42)27(44)26(40)28(45)36(48)41(25,35)49/h17-38,42-49H,10-16H2,1-9H3,(H,50,51,52)/t18-,19-,20-,21-,22+,23-,24+,25+,26-,27+,28-,29-,30-,31-,32+,33-,34-,35-,36-,37+,38+,39-,40-,41+/m1/s1. The van der Waals surface area contributed by atoms with Gasteiger partial charge >= 0.3 is 10.4 Å². The predicted molar refractivity (Wildman–Crippen MR) is 210 cm³/mol. The third-order valence-electron chi connectivity index (χ3n) is 16.1. The van der Waals surface area contributed by atoms with Crippen molar-refractivity contribution in [3.63, 3.8) is 0 Å². The maximum absolute atomic E-state index is 12.7. The fourth-order valence-corrected chi connectivity index (χ4v) is 13.7. The summed E-state index contributed by atoms with van der Waals surface area (Å²) < 4.78 is 73.9. The Morgan fingerprint density at radius 3 is 1.92 bits per heavy atom. The van der Waals surface area contributed by atoms with E-state index in [4.69, 9.17) is 32.6 Å². The lowest BCUT2D eigenvalue weighted by Crippen LogP contribution is -2.76. The largest absolute Gasteiger partial charge is 0.397 e. The van der Waals surface area contributed by atoms with Gasteiger partial charge < -0.3 is 69.3 Å². The first-order valence-electron chi connectivity index (χ1n) is 21.7. The Morgan fingerprint density at radius 2 is 1.32 bits per heavy atom. The van der Waals surface area contributed by atoms with Crippen LogP contribution in [0.3, 0.4) is 0 Å². The van der Waals surface area contributed by atoms with E-state index in [-0.39, 0.29) is 17.8 Å². The monoisotopic (exact) mass is 884 g/mol. The molecule has 0 spiro atoms. The van der Waals surface area contributed by atoms with Crippen molar-refractivity contribution in [1.82, 2.24) is 0 Å². The smallest absolute Gasteiger partial charge is 0.393 e. The first-order chi connectivity index (χ1) is 27.9. The Labute approximate surface area is 353 Å². The second-order valence-electron chi connectivity index (χ2n) is 19.8. The van der Waals surface area contributed by atoms with Gasteiger partial charge in [-0.1, -0.05) is 34.6 Å². The van der Waals surface area contributed by atoms with Crippen molar-refractivity contribution in [2.75, 3.05) is 14.2 Å². The van der Waals surface area contributed by atoms with Gasteiger partial charge in [0.05, 0.1) is 42.7 Å². The summed E-state index contributed by atoms with van der Waals surface area (Å²) in [4.78, 5) is 0. The van der Waals surface area contributed by atoms with Crippen LogP contribution in [-0.2, 0) is 43.0 Å². The highest BCUT2D eigenvalue weighted by Crippen LogP contribution is 2.70. The number of methoxy groups -OCH3 is 2. The van der Waals surface area contributed by atoms with Gasteiger partial charge in [0.2, 0.25) is 0 Å². The number of aliphatic hydroxyl groups excluding tert-OH is 7. The average molecular weight is 885 g/mol. The molecule has 350 valence electrons. The molecule has 6 aliphatic rings. The molecule has 60 heavy (non-hydrogen) atoms. The first-order valence-corrected chi connectivity index (χ1v) is 23.1. The van der Waals surface area contributed by atoms with Gasteiger partial charge in [0.1, 0.15) is 48.3 Å². The van der Waals surface area contributed by atoms with E-state index >= 15 is 0 Å². The minimum Gasteiger partial charge on any atom is -0.393 e. The molecule has 0 aromatic heterocycles. The number of rotatable bonds is 13. The SMILES string of the molecule is CO[C@H]1[C@H](O[C@H]2[C@H](O[C@@H](CC[C@@H](C)[C@H]3C[C@@H](O)[C@@H]4[C@]3(C)CC[C@H]3[C@@]5(C)CC[C@H](O)[C@H](O)[C@@H]5[C@@H](O)[C@@H](O)[C@@]43O)C(C)C)O[C@H](C)[C@H](OS(=O)(=O)O)[C@H]2O)O[C@H](C)[C@@H](OC)[C@H]1O. The lowest BCUT2D eigenvalue weighted by Gasteiger charge is -2.68. The van der Waals surface area contributed by atoms with Crippen LogP contribution in [0.25, 0.3) is 0 Å². The van der Waals surface area contributed by atoms with Gasteiger partial charge in [-0.05, 0) is 93.3 Å². The van der Waals surface area contributed by atoms with Crippen molar-refractivity contribution in [2.45, 2.75) is 197 Å². The van der Waals surface area contributed by atoms with Crippen LogP contribution in [0.1, 0.15) is 93.4 Å². The van der Waals surface area contributed by atoms with Gasteiger partial charge in [-0.25, -0.2) is 4.18 Å². The van der Waals surface area contributed by atoms with E-state index < -0.39 is 143 Å². The summed E-state index contributed by atoms with van der Waals surface area (Å²) in [5.41, 5.74) is -3.27. The highest BCUT2D eigenvalue weighted by atomic mass is 32.3. The quantitative estimate of drug-likeness (QED) is 0.112. The fourth-order valence-electron chi connectivity index (χ4n) is 13.2. The van der Waals surface area contributed by atoms with Crippen LogP contribution in [0, 0.1) is 46.3 Å². The fraction of sp³-hybridized carbons (Fsp3) is 1.00. The third kappa shape index (κ3) is 8.37. The molecular weight excluding hydrogens is 813 g/mol. The molecule has 0 unspecified atom stereocenters. The van der Waals surface area contributed by atoms with Gasteiger partial charge in [-0.2, -0.15) is 8.42 Å². The summed E-state index contributed by atoms with van der Waals surface area (Å²) in [5, 5.41) is 92.0. The lowest BCUT2D eigenvalue weighted by molar-refractivity contribution is -0.368. The second kappa shape index (κ2) is 17.9. The van der Waals surface area contributed by atoms with E-state index in [1.54, 1.807) is 6.92 Å². The van der Waals surface area contributed by atoms with Crippen molar-refractivity contribution < 1.29 is 86.4 Å². The molecule has 2 saturated heterocycles. The van der Waals surface area contributed by atoms with Crippen LogP contribution in [-0.4, -0.2) is 172 Å². The van der Waals surface area contributed by atoms with E-state index in [0.29, 0.717) is 44.9 Å². The molecule has 19 heteroatoms. The van der Waals surface area contributed by atoms with Crippen LogP contribution in [0.2, 0.25) is 0 Å². The summed E-state index contributed by atoms with van der Waals surface area (Å²) in [6.45, 7) is 13.1. The molecule has 6 rings (SSSR count). The van der Waals surface area contributed by atoms with Crippen LogP contribution in [0.5, 0.6) is 0 Å². The molecule has 0 bridgehead atoms. The zero-order valence-electron chi connectivity index (χ0n) is 36.3. The zero-order chi connectivity index (χ0) is 44.6. The summed E-state index contributed by atoms with van der Waals surface area (Å²) in [6, 6.07) is 0. The second-order valence-corrected chi connectivity index (χ2v) is 20.8. The van der Waals surface area contributed by atoms with Gasteiger partial charge in [-0.15, -0.1) is 0 Å². The van der Waals surface area contributed by atoms with E-state index in [9.17, 15) is 53.8 Å². The van der Waals surface area contributed by atoms with E-state index in [1.807, 2.05) is 27.7 Å². The predicted octanol–water partition coefficient (Wildman–Crippen LogP) is 0.276. The van der Waals surface area contributed by atoms with Crippen molar-refractivity contribution in [1.29, 1.82) is 0 Å². The van der Waals surface area contributed by atoms with Gasteiger partial charge in [0, 0.05) is 26.1 Å². The maximum Gasteiger partial charge on any atom is 0.397 e. The van der Waals surface area contributed by atoms with E-state index in [1.165, 1.54) is 21.1 Å². The Balaban J connectivity index is 1.20. The van der Waals surface area contributed by atoms with Gasteiger partial charge in [0.25, 0.3) is 0 Å². The molecule has 0 aromatic carbocycles. The molecule has 2 heterocycles. The molecule has 24 atom stereocenters. The van der Waals surface area contributed by atoms with E-state index in [0.717, 1.165) is 0 Å². The third-order valence-corrected chi connectivity index (χ3v) is 16.6. The summed E-state index contributed by atoms with van der Waals surface area (Å²) in [5.74, 6) is -2.41. The van der Waals surface area contributed by atoms with Gasteiger partial charge in [-0.3, -0.25) is 4.55 Å². The van der Waals surface area contributed by atoms with Crippen molar-refractivity contribution in [3.8, 4) is 0 Å². The molecule has 9 N–H and O–H groups in total. The van der Waals surface area contributed by atoms with Gasteiger partial charge in [0.15, 0.2) is 12.6 Å². The molecule has 6 fully saturated rings. The Hall–Kier alpha value is -0.690. The molecule has 4 saturated carbocycles. The number of hydrogen-bond donors (Lipinski definition) is 9. The normalized spacial score (nSPS) is 52.0. The first kappa shape index (κ1) is 48.8. The Morgan fingerprint density at radius 1 is 0.733 bits per heavy atom. The minimum atomic E-state index is -5.04. The molecule has 18 nitrogen and oxygen atoms in total. The summed E-state index contributed by atoms with van der Waals surface area (Å²) in [6.07, 6.45) is -16.1. The van der Waals surface area contributed by atoms with Crippen LogP contribution < -0.4 is 0 Å². The number of hydrogen-bond acceptors (Lipinski definition) is 17. The van der Waals surface area contributed by atoms with Crippen LogP contribution in [0.15, 0.2) is 0 Å². The lowest BCUT2D eigenvalue weighted by atomic mass is 9.40. The molecule has 4 aliphatic carbocycles. The Kier molecular flexibility index (Phi) is 14.6. The highest BCUT2D eigenvalue weighted by molar-refractivity contribution is 7.80. The molecule has 0 aromatic rings. The van der Waals surface area contributed by atoms with Crippen molar-refractivity contribution >= 4 is 10.4 Å². The topological polar surface area (TPSA) is 281 Å². The van der Waals surface area contributed by atoms with Crippen LogP contribution >= 0.6 is 0 Å². The summed E-state index contributed by atoms with van der Waals surface area (Å²) in [7, 11) is -2.30.